The maximum atomic E-state index is 10.1. The first-order chi connectivity index (χ1) is 70.3. The summed E-state index contributed by atoms with van der Waals surface area (Å²) in [7, 11) is 0. The van der Waals surface area contributed by atoms with Gasteiger partial charge in [-0.05, 0) is 261 Å². The molecule has 0 saturated carbocycles. The molecular weight excluding hydrogens is 1670 g/mol. The highest BCUT2D eigenvalue weighted by Gasteiger charge is 2.46. The van der Waals surface area contributed by atoms with Crippen LogP contribution in [-0.4, -0.2) is 20.4 Å². The smallest absolute Gasteiger partial charge is 0.252 e. The quantitative estimate of drug-likeness (QED) is 0.121. The van der Waals surface area contributed by atoms with Gasteiger partial charge in [-0.1, -0.05) is 338 Å². The van der Waals surface area contributed by atoms with Gasteiger partial charge in [0.2, 0.25) is 0 Å². The van der Waals surface area contributed by atoms with E-state index in [0.29, 0.717) is 33.8 Å². The molecule has 0 aliphatic carbocycles. The summed E-state index contributed by atoms with van der Waals surface area (Å²) in [6, 6.07) is 124. The normalized spacial score (nSPS) is 13.8. The molecule has 0 atom stereocenters. The average molecular weight is 1790 g/mol. The maximum Gasteiger partial charge on any atom is 0.252 e. The van der Waals surface area contributed by atoms with E-state index < -0.39 is 55.1 Å². The van der Waals surface area contributed by atoms with Crippen molar-refractivity contribution in [2.45, 2.75) is 105 Å². The van der Waals surface area contributed by atoms with E-state index in [2.05, 4.69) is 436 Å². The summed E-state index contributed by atoms with van der Waals surface area (Å²) in [5, 5.41) is 8.04. The van der Waals surface area contributed by atoms with E-state index >= 15 is 0 Å². The van der Waals surface area contributed by atoms with Crippen LogP contribution >= 0.6 is 0 Å². The van der Waals surface area contributed by atoms with Crippen LogP contribution < -0.4 is 26.2 Å². The number of nitrogens with zero attached hydrogens (tertiary/aromatic N) is 5. The summed E-state index contributed by atoms with van der Waals surface area (Å²) in [4.78, 5) is 4.84. The molecule has 7 nitrogen and oxygen atoms in total. The van der Waals surface area contributed by atoms with E-state index in [-0.39, 0.29) is 43.5 Å². The number of fused-ring (bicyclic) bond motifs is 19. The molecule has 0 radical (unpaired) electrons. The highest BCUT2D eigenvalue weighted by atomic mass is 16.3. The van der Waals surface area contributed by atoms with Gasteiger partial charge in [0.25, 0.3) is 6.71 Å². The van der Waals surface area contributed by atoms with E-state index in [1.807, 2.05) is 18.2 Å². The molecule has 0 unspecified atom stereocenters. The SMILES string of the molecule is [2H]c1c([2H])c([2H])c2c(c1[2H])c1c([2H])c([2H])c([2H])c([2H])c1n2-c1ccc2c(c1)N(c1cccc3c1oc1c(-c4cc(-c5ccccc5)cc(-c5ccccc5)c4)cccc13)c1cc(-n3c4ccc(C(C)(C)C)cc4c4cc(C(C)(C)C)ccc43)cc3c1B2c1ccc(-n2c4ccc(C(C)(C)C)cc4c4cc(C(C)(C)C)ccc42)cc1N3c1cccc2c1oc1c(-c3cc(-c4ccccc4)cc(-c4ccccc4)c3)cccc12. The zero-order valence-electron chi connectivity index (χ0n) is 87.1. The fraction of sp³-hybridized carbons (Fsp3) is 0.123. The molecule has 5 aromatic heterocycles. The molecule has 0 N–H and O–H groups in total. The second kappa shape index (κ2) is 30.7. The van der Waals surface area contributed by atoms with Crippen molar-refractivity contribution in [3.63, 3.8) is 0 Å². The largest absolute Gasteiger partial charge is 0.453 e. The molecule has 24 aromatic rings. The Labute approximate surface area is 815 Å². The lowest BCUT2D eigenvalue weighted by atomic mass is 9.33. The van der Waals surface area contributed by atoms with Crippen LogP contribution in [0.2, 0.25) is 0 Å². The summed E-state index contributed by atoms with van der Waals surface area (Å²) in [5.74, 6) is 0. The Morgan fingerprint density at radius 3 is 0.855 bits per heavy atom. The fourth-order valence-electron chi connectivity index (χ4n) is 22.2. The topological polar surface area (TPSA) is 47.6 Å². The number of furan rings is 2. The first-order valence-corrected chi connectivity index (χ1v) is 48.0. The monoisotopic (exact) mass is 1780 g/mol. The van der Waals surface area contributed by atoms with Crippen molar-refractivity contribution in [2.75, 3.05) is 9.80 Å². The molecule has 19 aromatic carbocycles. The van der Waals surface area contributed by atoms with E-state index in [4.69, 9.17) is 8.83 Å². The lowest BCUT2D eigenvalue weighted by Crippen LogP contribution is -2.61. The molecule has 662 valence electrons. The van der Waals surface area contributed by atoms with Gasteiger partial charge in [0, 0.05) is 99.1 Å². The van der Waals surface area contributed by atoms with Gasteiger partial charge in [0.05, 0.1) is 61.1 Å². The summed E-state index contributed by atoms with van der Waals surface area (Å²) >= 11 is 0. The number of para-hydroxylation sites is 6. The standard InChI is InChI=1S/C130H102BN5O2/c1-127(2,3)89-53-61-112-104(71-89)105-72-90(128(4,5)6)54-62-113(105)133(112)94-58-60-109-119(76-94)136(117-52-32-48-103-101-46-30-44-97(124(101)138-126(103)117)88-69-85(81-37-21-15-22-38-81)66-86(70-88)82-39-23-16-24-40-82)121-78-95(134-114-63-55-91(129(7,8)9)73-106(114)107-74-92(130(10,11)12)56-64-115(107)134)77-120-122(121)131(109)108-59-57-93(132-110-49-27-25-41-98(110)99-42-26-28-50-111(99)132)75-118(108)135(120)116-51-31-47-102-100-45-29-43-96(123(100)137-125(102)116)87-67-83(79-33-17-13-18-34-79)65-84(68-87)80-35-19-14-20-36-80/h13-78H,1-12H3/i25D,26D,27D,28D,41D,42D,49D,50D. The third-order valence-electron chi connectivity index (χ3n) is 29.2. The van der Waals surface area contributed by atoms with Gasteiger partial charge in [0.15, 0.2) is 11.2 Å². The van der Waals surface area contributed by atoms with Gasteiger partial charge in [-0.25, -0.2) is 0 Å². The zero-order chi connectivity index (χ0) is 100. The lowest BCUT2D eigenvalue weighted by Gasteiger charge is -2.44. The molecule has 2 aliphatic rings. The Morgan fingerprint density at radius 2 is 0.514 bits per heavy atom. The highest BCUT2D eigenvalue weighted by Crippen LogP contribution is 2.55. The minimum atomic E-state index is -0.638. The molecule has 26 rings (SSSR count). The maximum absolute atomic E-state index is 10.1. The van der Waals surface area contributed by atoms with Gasteiger partial charge in [-0.15, -0.1) is 0 Å². The minimum Gasteiger partial charge on any atom is -0.453 e. The molecule has 0 fully saturated rings. The van der Waals surface area contributed by atoms with Crippen LogP contribution in [0.25, 0.3) is 193 Å². The predicted octanol–water partition coefficient (Wildman–Crippen LogP) is 34.1. The van der Waals surface area contributed by atoms with Crippen LogP contribution in [0.1, 0.15) is 116 Å². The molecule has 0 spiro atoms. The van der Waals surface area contributed by atoms with E-state index in [1.54, 1.807) is 4.57 Å². The van der Waals surface area contributed by atoms with Crippen molar-refractivity contribution < 1.29 is 19.8 Å². The van der Waals surface area contributed by atoms with Crippen LogP contribution in [0.4, 0.5) is 34.1 Å². The Hall–Kier alpha value is -16.2. The zero-order valence-corrected chi connectivity index (χ0v) is 79.1. The van der Waals surface area contributed by atoms with Crippen molar-refractivity contribution in [3.8, 4) is 83.8 Å². The number of hydrogen-bond donors (Lipinski definition) is 0. The molecule has 0 amide bonds. The van der Waals surface area contributed by atoms with E-state index in [0.717, 1.165) is 188 Å². The van der Waals surface area contributed by atoms with Crippen molar-refractivity contribution >= 4 is 167 Å². The van der Waals surface area contributed by atoms with Gasteiger partial charge in [0.1, 0.15) is 11.2 Å². The van der Waals surface area contributed by atoms with Gasteiger partial charge >= 0.3 is 0 Å². The number of hydrogen-bond acceptors (Lipinski definition) is 4. The Bertz CT molecular complexity index is 9390. The van der Waals surface area contributed by atoms with E-state index in [9.17, 15) is 11.0 Å². The highest BCUT2D eigenvalue weighted by molar-refractivity contribution is 7.00. The van der Waals surface area contributed by atoms with Crippen molar-refractivity contribution in [3.05, 3.63) is 422 Å². The van der Waals surface area contributed by atoms with Crippen LogP contribution in [0.3, 0.4) is 0 Å². The van der Waals surface area contributed by atoms with Gasteiger partial charge < -0.3 is 32.3 Å². The first-order valence-electron chi connectivity index (χ1n) is 52.0. The average Bonchev–Trinajstić information content (AvgIpc) is 1.12. The molecule has 2 aliphatic heterocycles. The summed E-state index contributed by atoms with van der Waals surface area (Å²) in [6.07, 6.45) is 0. The Balaban J connectivity index is 0.822. The number of anilines is 6. The van der Waals surface area contributed by atoms with Crippen molar-refractivity contribution in [2.24, 2.45) is 0 Å². The lowest BCUT2D eigenvalue weighted by molar-refractivity contribution is 0.590. The van der Waals surface area contributed by atoms with Crippen LogP contribution in [0.15, 0.2) is 409 Å². The van der Waals surface area contributed by atoms with Crippen molar-refractivity contribution in [1.82, 2.24) is 13.7 Å². The summed E-state index contributed by atoms with van der Waals surface area (Å²) < 4.78 is 100. The summed E-state index contributed by atoms with van der Waals surface area (Å²) in [5.41, 5.74) is 32.6. The third kappa shape index (κ3) is 13.1. The number of benzene rings is 19. The number of aromatic nitrogens is 3. The molecular formula is C130H102BN5O2. The summed E-state index contributed by atoms with van der Waals surface area (Å²) in [6.45, 7) is 26.8. The van der Waals surface area contributed by atoms with E-state index in [1.165, 1.54) is 22.3 Å². The molecule has 138 heavy (non-hydrogen) atoms. The van der Waals surface area contributed by atoms with Crippen molar-refractivity contribution in [1.29, 1.82) is 0 Å². The first kappa shape index (κ1) is 74.2. The van der Waals surface area contributed by atoms with Gasteiger partial charge in [-0.2, -0.15) is 0 Å². The Morgan fingerprint density at radius 1 is 0.217 bits per heavy atom. The second-order valence-electron chi connectivity index (χ2n) is 41.8. The molecule has 8 heteroatoms. The minimum absolute atomic E-state index is 0.00424. The second-order valence-corrected chi connectivity index (χ2v) is 41.8. The molecule has 7 heterocycles. The van der Waals surface area contributed by atoms with Crippen LogP contribution in [-0.2, 0) is 21.7 Å². The fourth-order valence-corrected chi connectivity index (χ4v) is 22.2. The van der Waals surface area contributed by atoms with Crippen LogP contribution in [0.5, 0.6) is 0 Å². The third-order valence-corrected chi connectivity index (χ3v) is 29.2. The Kier molecular flexibility index (Phi) is 16.5. The number of rotatable bonds is 11. The predicted molar refractivity (Wildman–Crippen MR) is 585 cm³/mol. The van der Waals surface area contributed by atoms with Gasteiger partial charge in [-0.3, -0.25) is 0 Å². The molecule has 0 saturated heterocycles. The molecule has 0 bridgehead atoms. The van der Waals surface area contributed by atoms with Crippen LogP contribution in [0, 0.1) is 0 Å².